The molecule has 5 heteroatoms. The van der Waals surface area contributed by atoms with Gasteiger partial charge in [0.1, 0.15) is 5.69 Å². The Morgan fingerprint density at radius 3 is 2.56 bits per heavy atom. The summed E-state index contributed by atoms with van der Waals surface area (Å²) in [6, 6.07) is 12.3. The summed E-state index contributed by atoms with van der Waals surface area (Å²) in [4.78, 5) is 17.1. The van der Waals surface area contributed by atoms with Crippen LogP contribution in [0.25, 0.3) is 6.08 Å². The fourth-order valence-electron chi connectivity index (χ4n) is 3.11. The first-order valence-corrected chi connectivity index (χ1v) is 9.55. The molecule has 1 fully saturated rings. The molecular formula is C20H24BrN3O. The van der Waals surface area contributed by atoms with E-state index < -0.39 is 0 Å². The second kappa shape index (κ2) is 8.50. The van der Waals surface area contributed by atoms with Crippen LogP contribution in [0.15, 0.2) is 53.1 Å². The maximum absolute atomic E-state index is 12.8. The van der Waals surface area contributed by atoms with Crippen molar-refractivity contribution in [2.24, 2.45) is 0 Å². The topological polar surface area (TPSA) is 28.5 Å². The van der Waals surface area contributed by atoms with E-state index in [1.807, 2.05) is 27.8 Å². The Balaban J connectivity index is 1.51. The minimum absolute atomic E-state index is 0.132. The fourth-order valence-corrected chi connectivity index (χ4v) is 3.58. The molecule has 2 heterocycles. The van der Waals surface area contributed by atoms with Crippen LogP contribution in [0, 0.1) is 0 Å². The van der Waals surface area contributed by atoms with Gasteiger partial charge in [-0.1, -0.05) is 42.5 Å². The molecular weight excluding hydrogens is 378 g/mol. The van der Waals surface area contributed by atoms with E-state index in [2.05, 4.69) is 64.2 Å². The number of carbonyl (C=O) groups is 1. The predicted octanol–water partition coefficient (Wildman–Crippen LogP) is 3.74. The van der Waals surface area contributed by atoms with Gasteiger partial charge in [0.05, 0.1) is 0 Å². The van der Waals surface area contributed by atoms with Crippen molar-refractivity contribution >= 4 is 27.9 Å². The van der Waals surface area contributed by atoms with Crippen molar-refractivity contribution in [1.29, 1.82) is 0 Å². The lowest BCUT2D eigenvalue weighted by Gasteiger charge is -2.34. The zero-order valence-corrected chi connectivity index (χ0v) is 16.2. The van der Waals surface area contributed by atoms with Crippen molar-refractivity contribution in [3.63, 3.8) is 0 Å². The Kier molecular flexibility index (Phi) is 6.10. The number of hydrogen-bond donors (Lipinski definition) is 0. The Bertz CT molecular complexity index is 731. The zero-order chi connectivity index (χ0) is 17.6. The number of halogens is 1. The largest absolute Gasteiger partial charge is 0.343 e. The highest BCUT2D eigenvalue weighted by molar-refractivity contribution is 9.10. The van der Waals surface area contributed by atoms with Gasteiger partial charge in [0, 0.05) is 49.9 Å². The van der Waals surface area contributed by atoms with Gasteiger partial charge in [0.2, 0.25) is 0 Å². The van der Waals surface area contributed by atoms with Crippen molar-refractivity contribution < 1.29 is 4.79 Å². The number of hydrogen-bond acceptors (Lipinski definition) is 2. The van der Waals surface area contributed by atoms with Crippen molar-refractivity contribution in [2.45, 2.75) is 13.5 Å². The van der Waals surface area contributed by atoms with Gasteiger partial charge in [-0.05, 0) is 34.5 Å². The third-order valence-corrected chi connectivity index (χ3v) is 4.99. The van der Waals surface area contributed by atoms with Gasteiger partial charge in [-0.3, -0.25) is 9.69 Å². The molecule has 0 spiro atoms. The SMILES string of the molecule is CCn1cc(Br)cc1C(=O)N1CCN(C/C=C/c2ccccc2)CC1. The molecule has 2 aromatic rings. The van der Waals surface area contributed by atoms with Crippen LogP contribution in [0.4, 0.5) is 0 Å². The average Bonchev–Trinajstić information content (AvgIpc) is 3.03. The molecule has 0 aliphatic carbocycles. The van der Waals surface area contributed by atoms with Crippen LogP contribution in [0.1, 0.15) is 23.0 Å². The van der Waals surface area contributed by atoms with Crippen molar-refractivity contribution in [3.05, 3.63) is 64.4 Å². The highest BCUT2D eigenvalue weighted by Gasteiger charge is 2.23. The molecule has 0 atom stereocenters. The number of amides is 1. The minimum Gasteiger partial charge on any atom is -0.343 e. The number of aromatic nitrogens is 1. The molecule has 0 radical (unpaired) electrons. The summed E-state index contributed by atoms with van der Waals surface area (Å²) in [6.45, 7) is 7.18. The molecule has 0 unspecified atom stereocenters. The molecule has 1 aromatic carbocycles. The molecule has 0 saturated carbocycles. The van der Waals surface area contributed by atoms with Crippen LogP contribution >= 0.6 is 15.9 Å². The second-order valence-electron chi connectivity index (χ2n) is 6.24. The Labute approximate surface area is 157 Å². The summed E-state index contributed by atoms with van der Waals surface area (Å²) in [7, 11) is 0. The molecule has 4 nitrogen and oxygen atoms in total. The predicted molar refractivity (Wildman–Crippen MR) is 106 cm³/mol. The quantitative estimate of drug-likeness (QED) is 0.763. The summed E-state index contributed by atoms with van der Waals surface area (Å²) >= 11 is 3.47. The number of piperazine rings is 1. The zero-order valence-electron chi connectivity index (χ0n) is 14.6. The lowest BCUT2D eigenvalue weighted by atomic mass is 10.2. The number of aryl methyl sites for hydroxylation is 1. The van der Waals surface area contributed by atoms with E-state index in [-0.39, 0.29) is 5.91 Å². The Morgan fingerprint density at radius 1 is 1.16 bits per heavy atom. The Hall–Kier alpha value is -1.85. The van der Waals surface area contributed by atoms with Gasteiger partial charge in [-0.25, -0.2) is 0 Å². The fraction of sp³-hybridized carbons (Fsp3) is 0.350. The normalized spacial score (nSPS) is 15.8. The van der Waals surface area contributed by atoms with E-state index >= 15 is 0 Å². The first-order valence-electron chi connectivity index (χ1n) is 8.76. The number of rotatable bonds is 5. The molecule has 25 heavy (non-hydrogen) atoms. The second-order valence-corrected chi connectivity index (χ2v) is 7.15. The maximum atomic E-state index is 12.8. The number of nitrogens with zero attached hydrogens (tertiary/aromatic N) is 3. The molecule has 1 aliphatic rings. The van der Waals surface area contributed by atoms with Gasteiger partial charge in [0.25, 0.3) is 5.91 Å². The first-order chi connectivity index (χ1) is 12.2. The number of carbonyl (C=O) groups excluding carboxylic acids is 1. The van der Waals surface area contributed by atoms with Crippen molar-refractivity contribution in [1.82, 2.24) is 14.4 Å². The molecule has 132 valence electrons. The van der Waals surface area contributed by atoms with Crippen LogP contribution in [-0.4, -0.2) is 53.0 Å². The summed E-state index contributed by atoms with van der Waals surface area (Å²) < 4.78 is 2.96. The minimum atomic E-state index is 0.132. The van der Waals surface area contributed by atoms with Gasteiger partial charge in [0.15, 0.2) is 0 Å². The molecule has 3 rings (SSSR count). The standard InChI is InChI=1S/C20H24BrN3O/c1-2-23-16-18(21)15-19(23)20(25)24-13-11-22(12-14-24)10-6-9-17-7-4-3-5-8-17/h3-9,15-16H,2,10-14H2,1H3/b9-6+. The molecule has 1 saturated heterocycles. The van der Waals surface area contributed by atoms with Gasteiger partial charge in [-0.2, -0.15) is 0 Å². The van der Waals surface area contributed by atoms with Crippen LogP contribution < -0.4 is 0 Å². The third kappa shape index (κ3) is 4.61. The van der Waals surface area contributed by atoms with E-state index in [4.69, 9.17) is 0 Å². The van der Waals surface area contributed by atoms with E-state index in [0.29, 0.717) is 0 Å². The van der Waals surface area contributed by atoms with Crippen LogP contribution in [0.3, 0.4) is 0 Å². The summed E-state index contributed by atoms with van der Waals surface area (Å²) in [5, 5.41) is 0. The average molecular weight is 402 g/mol. The molecule has 1 aromatic heterocycles. The molecule has 1 aliphatic heterocycles. The van der Waals surface area contributed by atoms with Gasteiger partial charge >= 0.3 is 0 Å². The monoisotopic (exact) mass is 401 g/mol. The van der Waals surface area contributed by atoms with E-state index in [0.717, 1.165) is 49.4 Å². The van der Waals surface area contributed by atoms with Crippen LogP contribution in [-0.2, 0) is 6.54 Å². The maximum Gasteiger partial charge on any atom is 0.270 e. The third-order valence-electron chi connectivity index (χ3n) is 4.56. The lowest BCUT2D eigenvalue weighted by Crippen LogP contribution is -2.48. The molecule has 0 bridgehead atoms. The molecule has 0 N–H and O–H groups in total. The van der Waals surface area contributed by atoms with Gasteiger partial charge < -0.3 is 9.47 Å². The van der Waals surface area contributed by atoms with E-state index in [1.54, 1.807) is 0 Å². The lowest BCUT2D eigenvalue weighted by molar-refractivity contribution is 0.0640. The van der Waals surface area contributed by atoms with E-state index in [9.17, 15) is 4.79 Å². The smallest absolute Gasteiger partial charge is 0.270 e. The van der Waals surface area contributed by atoms with Crippen LogP contribution in [0.5, 0.6) is 0 Å². The van der Waals surface area contributed by atoms with Crippen molar-refractivity contribution in [2.75, 3.05) is 32.7 Å². The van der Waals surface area contributed by atoms with Crippen LogP contribution in [0.2, 0.25) is 0 Å². The Morgan fingerprint density at radius 2 is 1.88 bits per heavy atom. The van der Waals surface area contributed by atoms with Crippen molar-refractivity contribution in [3.8, 4) is 0 Å². The van der Waals surface area contributed by atoms with Gasteiger partial charge in [-0.15, -0.1) is 0 Å². The summed E-state index contributed by atoms with van der Waals surface area (Å²) in [5.74, 6) is 0.132. The highest BCUT2D eigenvalue weighted by atomic mass is 79.9. The molecule has 1 amide bonds. The highest BCUT2D eigenvalue weighted by Crippen LogP contribution is 2.17. The first kappa shape index (κ1) is 18.0. The summed E-state index contributed by atoms with van der Waals surface area (Å²) in [5.41, 5.74) is 1.99. The number of benzene rings is 1. The summed E-state index contributed by atoms with van der Waals surface area (Å²) in [6.07, 6.45) is 6.33. The van der Waals surface area contributed by atoms with E-state index in [1.165, 1.54) is 5.56 Å².